The van der Waals surface area contributed by atoms with Crippen molar-refractivity contribution in [2.24, 2.45) is 0 Å². The van der Waals surface area contributed by atoms with Crippen LogP contribution in [0.3, 0.4) is 0 Å². The molecule has 0 saturated heterocycles. The number of thioether (sulfide) groups is 1. The van der Waals surface area contributed by atoms with Crippen molar-refractivity contribution >= 4 is 35.0 Å². The average molecular weight is 401 g/mol. The Morgan fingerprint density at radius 1 is 1.14 bits per heavy atom. The Morgan fingerprint density at radius 2 is 1.82 bits per heavy atom. The number of para-hydroxylation sites is 1. The SMILES string of the molecule is CC[C@H](C)NC(=O)c1ccccc1NC(=O)CSCc1ccc([N+](=O)[O-])cc1. The highest BCUT2D eigenvalue weighted by Crippen LogP contribution is 2.19. The Bertz CT molecular complexity index is 840. The van der Waals surface area contributed by atoms with Gasteiger partial charge in [-0.25, -0.2) is 0 Å². The number of nitro groups is 1. The Labute approximate surface area is 168 Å². The molecule has 1 atom stereocenters. The number of carbonyl (C=O) groups is 2. The van der Waals surface area contributed by atoms with Crippen LogP contribution in [0, 0.1) is 10.1 Å². The van der Waals surface area contributed by atoms with E-state index in [0.717, 1.165) is 12.0 Å². The smallest absolute Gasteiger partial charge is 0.269 e. The molecule has 2 aromatic carbocycles. The lowest BCUT2D eigenvalue weighted by Crippen LogP contribution is -2.32. The Morgan fingerprint density at radius 3 is 2.46 bits per heavy atom. The van der Waals surface area contributed by atoms with Crippen LogP contribution in [0.4, 0.5) is 11.4 Å². The van der Waals surface area contributed by atoms with Gasteiger partial charge in [0.1, 0.15) is 0 Å². The van der Waals surface area contributed by atoms with Crippen molar-refractivity contribution in [1.82, 2.24) is 5.32 Å². The summed E-state index contributed by atoms with van der Waals surface area (Å²) < 4.78 is 0. The monoisotopic (exact) mass is 401 g/mol. The molecule has 2 N–H and O–H groups in total. The lowest BCUT2D eigenvalue weighted by Gasteiger charge is -2.14. The van der Waals surface area contributed by atoms with Gasteiger partial charge in [-0.05, 0) is 31.0 Å². The van der Waals surface area contributed by atoms with E-state index in [9.17, 15) is 19.7 Å². The summed E-state index contributed by atoms with van der Waals surface area (Å²) in [6.07, 6.45) is 0.819. The van der Waals surface area contributed by atoms with E-state index < -0.39 is 4.92 Å². The quantitative estimate of drug-likeness (QED) is 0.489. The van der Waals surface area contributed by atoms with Crippen LogP contribution in [0.2, 0.25) is 0 Å². The molecule has 0 radical (unpaired) electrons. The maximum Gasteiger partial charge on any atom is 0.269 e. The molecule has 2 amide bonds. The minimum Gasteiger partial charge on any atom is -0.350 e. The number of nitrogens with one attached hydrogen (secondary N) is 2. The Kier molecular flexibility index (Phi) is 8.01. The van der Waals surface area contributed by atoms with Gasteiger partial charge in [-0.15, -0.1) is 11.8 Å². The highest BCUT2D eigenvalue weighted by atomic mass is 32.2. The lowest BCUT2D eigenvalue weighted by molar-refractivity contribution is -0.384. The van der Waals surface area contributed by atoms with Crippen molar-refractivity contribution in [1.29, 1.82) is 0 Å². The number of anilines is 1. The van der Waals surface area contributed by atoms with E-state index in [1.54, 1.807) is 36.4 Å². The van der Waals surface area contributed by atoms with Gasteiger partial charge in [0.2, 0.25) is 5.91 Å². The lowest BCUT2D eigenvalue weighted by atomic mass is 10.1. The number of rotatable bonds is 9. The zero-order chi connectivity index (χ0) is 20.5. The number of benzene rings is 2. The van der Waals surface area contributed by atoms with Crippen molar-refractivity contribution in [3.63, 3.8) is 0 Å². The summed E-state index contributed by atoms with van der Waals surface area (Å²) in [5, 5.41) is 16.3. The van der Waals surface area contributed by atoms with Crippen molar-refractivity contribution in [2.45, 2.75) is 32.1 Å². The molecule has 0 bridgehead atoms. The summed E-state index contributed by atoms with van der Waals surface area (Å²) in [5.41, 5.74) is 1.84. The van der Waals surface area contributed by atoms with Gasteiger partial charge in [0.15, 0.2) is 0 Å². The van der Waals surface area contributed by atoms with Crippen LogP contribution >= 0.6 is 11.8 Å². The first-order valence-electron chi connectivity index (χ1n) is 8.91. The van der Waals surface area contributed by atoms with Crippen molar-refractivity contribution in [2.75, 3.05) is 11.1 Å². The summed E-state index contributed by atoms with van der Waals surface area (Å²) in [4.78, 5) is 34.8. The number of nitrogens with zero attached hydrogens (tertiary/aromatic N) is 1. The molecule has 0 spiro atoms. The van der Waals surface area contributed by atoms with E-state index in [4.69, 9.17) is 0 Å². The fourth-order valence-corrected chi connectivity index (χ4v) is 3.14. The van der Waals surface area contributed by atoms with E-state index in [-0.39, 0.29) is 29.3 Å². The van der Waals surface area contributed by atoms with Crippen LogP contribution in [0.5, 0.6) is 0 Å². The van der Waals surface area contributed by atoms with Crippen LogP contribution in [0.15, 0.2) is 48.5 Å². The molecule has 0 fully saturated rings. The number of non-ortho nitro benzene ring substituents is 1. The van der Waals surface area contributed by atoms with Gasteiger partial charge in [-0.1, -0.05) is 31.2 Å². The largest absolute Gasteiger partial charge is 0.350 e. The molecular weight excluding hydrogens is 378 g/mol. The van der Waals surface area contributed by atoms with E-state index in [2.05, 4.69) is 10.6 Å². The van der Waals surface area contributed by atoms with Gasteiger partial charge < -0.3 is 10.6 Å². The first-order valence-corrected chi connectivity index (χ1v) is 10.1. The molecule has 0 unspecified atom stereocenters. The maximum atomic E-state index is 12.4. The van der Waals surface area contributed by atoms with Crippen LogP contribution in [0.1, 0.15) is 36.2 Å². The summed E-state index contributed by atoms with van der Waals surface area (Å²) in [6.45, 7) is 3.91. The third kappa shape index (κ3) is 6.38. The minimum absolute atomic E-state index is 0.0405. The normalized spacial score (nSPS) is 11.5. The molecule has 0 saturated carbocycles. The van der Waals surface area contributed by atoms with Crippen LogP contribution < -0.4 is 10.6 Å². The molecule has 148 valence electrons. The van der Waals surface area contributed by atoms with Crippen LogP contribution in [-0.2, 0) is 10.5 Å². The number of amides is 2. The molecule has 0 aliphatic rings. The molecule has 0 aliphatic heterocycles. The van der Waals surface area contributed by atoms with Crippen molar-refractivity contribution in [3.05, 3.63) is 69.8 Å². The number of hydrogen-bond acceptors (Lipinski definition) is 5. The second-order valence-electron chi connectivity index (χ2n) is 6.29. The Balaban J connectivity index is 1.89. The summed E-state index contributed by atoms with van der Waals surface area (Å²) in [5.74, 6) is 0.333. The molecular formula is C20H23N3O4S. The zero-order valence-electron chi connectivity index (χ0n) is 15.8. The van der Waals surface area contributed by atoms with Gasteiger partial charge in [-0.2, -0.15) is 0 Å². The maximum absolute atomic E-state index is 12.4. The predicted octanol–water partition coefficient (Wildman–Crippen LogP) is 4.00. The van der Waals surface area contributed by atoms with Crippen molar-refractivity contribution < 1.29 is 14.5 Å². The molecule has 7 nitrogen and oxygen atoms in total. The second kappa shape index (κ2) is 10.5. The third-order valence-electron chi connectivity index (χ3n) is 4.08. The molecule has 0 heterocycles. The summed E-state index contributed by atoms with van der Waals surface area (Å²) in [6, 6.07) is 13.2. The molecule has 0 aromatic heterocycles. The van der Waals surface area contributed by atoms with Crippen LogP contribution in [-0.4, -0.2) is 28.5 Å². The van der Waals surface area contributed by atoms with Gasteiger partial charge in [0, 0.05) is 23.9 Å². The van der Waals surface area contributed by atoms with E-state index in [1.807, 2.05) is 13.8 Å². The van der Waals surface area contributed by atoms with Gasteiger partial charge in [0.05, 0.1) is 21.9 Å². The summed E-state index contributed by atoms with van der Waals surface area (Å²) >= 11 is 1.39. The molecule has 8 heteroatoms. The van der Waals surface area contributed by atoms with E-state index in [1.165, 1.54) is 23.9 Å². The Hall–Kier alpha value is -2.87. The first kappa shape index (κ1) is 21.4. The van der Waals surface area contributed by atoms with Gasteiger partial charge in [0.25, 0.3) is 11.6 Å². The van der Waals surface area contributed by atoms with E-state index in [0.29, 0.717) is 17.0 Å². The molecule has 28 heavy (non-hydrogen) atoms. The standard InChI is InChI=1S/C20H23N3O4S/c1-3-14(2)21-20(25)17-6-4-5-7-18(17)22-19(24)13-28-12-15-8-10-16(11-9-15)23(26)27/h4-11,14H,3,12-13H2,1-2H3,(H,21,25)(H,22,24)/t14-/m0/s1. The predicted molar refractivity (Wildman–Crippen MR) is 112 cm³/mol. The number of hydrogen-bond donors (Lipinski definition) is 2. The molecule has 2 rings (SSSR count). The third-order valence-corrected chi connectivity index (χ3v) is 5.09. The number of carbonyl (C=O) groups excluding carboxylic acids is 2. The fraction of sp³-hybridized carbons (Fsp3) is 0.300. The van der Waals surface area contributed by atoms with Crippen molar-refractivity contribution in [3.8, 4) is 0 Å². The van der Waals surface area contributed by atoms with Gasteiger partial charge >= 0.3 is 0 Å². The second-order valence-corrected chi connectivity index (χ2v) is 7.28. The van der Waals surface area contributed by atoms with Gasteiger partial charge in [-0.3, -0.25) is 19.7 Å². The topological polar surface area (TPSA) is 101 Å². The number of nitro benzene ring substituents is 1. The highest BCUT2D eigenvalue weighted by Gasteiger charge is 2.14. The summed E-state index contributed by atoms with van der Waals surface area (Å²) in [7, 11) is 0. The first-order chi connectivity index (χ1) is 13.4. The molecule has 2 aromatic rings. The zero-order valence-corrected chi connectivity index (χ0v) is 16.6. The average Bonchev–Trinajstić information content (AvgIpc) is 2.68. The fourth-order valence-electron chi connectivity index (χ4n) is 2.36. The van der Waals surface area contributed by atoms with Crippen LogP contribution in [0.25, 0.3) is 0 Å². The molecule has 0 aliphatic carbocycles. The van der Waals surface area contributed by atoms with E-state index >= 15 is 0 Å². The minimum atomic E-state index is -0.445. The highest BCUT2D eigenvalue weighted by molar-refractivity contribution is 7.99.